The van der Waals surface area contributed by atoms with Gasteiger partial charge in [0, 0.05) is 30.8 Å². The van der Waals surface area contributed by atoms with E-state index >= 15 is 0 Å². The van der Waals surface area contributed by atoms with E-state index in [0.29, 0.717) is 6.61 Å². The van der Waals surface area contributed by atoms with E-state index in [4.69, 9.17) is 4.74 Å². The summed E-state index contributed by atoms with van der Waals surface area (Å²) in [5.74, 6) is 0.754. The predicted molar refractivity (Wildman–Crippen MR) is 83.0 cm³/mol. The first-order valence-corrected chi connectivity index (χ1v) is 7.67. The number of hydrogen-bond acceptors (Lipinski definition) is 3. The van der Waals surface area contributed by atoms with Crippen LogP contribution in [0.3, 0.4) is 0 Å². The van der Waals surface area contributed by atoms with Gasteiger partial charge in [-0.15, -0.1) is 6.58 Å². The number of nitrogens with one attached hydrogen (secondary N) is 1. The first-order valence-electron chi connectivity index (χ1n) is 7.67. The molecule has 3 heteroatoms. The van der Waals surface area contributed by atoms with Gasteiger partial charge in [0.25, 0.3) is 0 Å². The second-order valence-electron chi connectivity index (χ2n) is 5.77. The van der Waals surface area contributed by atoms with Crippen LogP contribution in [0.1, 0.15) is 50.8 Å². The lowest BCUT2D eigenvalue weighted by atomic mass is 10.1. The van der Waals surface area contributed by atoms with Crippen LogP contribution in [0.5, 0.6) is 5.88 Å². The molecule has 3 nitrogen and oxygen atoms in total. The van der Waals surface area contributed by atoms with Gasteiger partial charge in [-0.05, 0) is 37.8 Å². The highest BCUT2D eigenvalue weighted by Crippen LogP contribution is 2.20. The summed E-state index contributed by atoms with van der Waals surface area (Å²) < 4.78 is 5.77. The summed E-state index contributed by atoms with van der Waals surface area (Å²) in [6.07, 6.45) is 5.63. The molecule has 0 spiro atoms. The van der Waals surface area contributed by atoms with Crippen LogP contribution in [0, 0.1) is 0 Å². The fraction of sp³-hybridized carbons (Fsp3) is 0.588. The van der Waals surface area contributed by atoms with Gasteiger partial charge in [-0.25, -0.2) is 4.98 Å². The molecule has 1 fully saturated rings. The maximum Gasteiger partial charge on any atom is 0.213 e. The molecule has 1 aromatic rings. The zero-order chi connectivity index (χ0) is 14.4. The van der Waals surface area contributed by atoms with Crippen molar-refractivity contribution < 1.29 is 4.74 Å². The van der Waals surface area contributed by atoms with Gasteiger partial charge in [-0.3, -0.25) is 0 Å². The SMILES string of the molecule is C=C(C)CCOc1cc(CNC2CC2)cc(CCC)n1. The minimum Gasteiger partial charge on any atom is -0.477 e. The third-order valence-corrected chi connectivity index (χ3v) is 3.37. The highest BCUT2D eigenvalue weighted by Gasteiger charge is 2.20. The van der Waals surface area contributed by atoms with E-state index in [9.17, 15) is 0 Å². The summed E-state index contributed by atoms with van der Waals surface area (Å²) in [6.45, 7) is 9.68. The van der Waals surface area contributed by atoms with Crippen LogP contribution in [0.4, 0.5) is 0 Å². The van der Waals surface area contributed by atoms with E-state index in [0.717, 1.165) is 49.0 Å². The molecule has 1 saturated carbocycles. The summed E-state index contributed by atoms with van der Waals surface area (Å²) >= 11 is 0. The van der Waals surface area contributed by atoms with Gasteiger partial charge in [-0.2, -0.15) is 0 Å². The third-order valence-electron chi connectivity index (χ3n) is 3.37. The fourth-order valence-corrected chi connectivity index (χ4v) is 2.06. The fourth-order valence-electron chi connectivity index (χ4n) is 2.06. The maximum absolute atomic E-state index is 5.77. The van der Waals surface area contributed by atoms with Crippen molar-refractivity contribution in [2.24, 2.45) is 0 Å². The third kappa shape index (κ3) is 5.33. The molecule has 0 unspecified atom stereocenters. The van der Waals surface area contributed by atoms with E-state index < -0.39 is 0 Å². The lowest BCUT2D eigenvalue weighted by Gasteiger charge is -2.10. The van der Waals surface area contributed by atoms with E-state index in [1.54, 1.807) is 0 Å². The van der Waals surface area contributed by atoms with Crippen LogP contribution in [0.15, 0.2) is 24.3 Å². The van der Waals surface area contributed by atoms with Crippen LogP contribution in [-0.4, -0.2) is 17.6 Å². The van der Waals surface area contributed by atoms with Crippen molar-refractivity contribution in [2.75, 3.05) is 6.61 Å². The largest absolute Gasteiger partial charge is 0.477 e. The Balaban J connectivity index is 1.97. The molecule has 1 aliphatic carbocycles. The molecule has 20 heavy (non-hydrogen) atoms. The Morgan fingerprint density at radius 1 is 1.45 bits per heavy atom. The summed E-state index contributed by atoms with van der Waals surface area (Å²) in [6, 6.07) is 4.99. The molecule has 0 atom stereocenters. The smallest absolute Gasteiger partial charge is 0.213 e. The number of hydrogen-bond donors (Lipinski definition) is 1. The van der Waals surface area contributed by atoms with Crippen molar-refractivity contribution in [1.82, 2.24) is 10.3 Å². The Morgan fingerprint density at radius 2 is 2.25 bits per heavy atom. The summed E-state index contributed by atoms with van der Waals surface area (Å²) in [4.78, 5) is 4.58. The number of ether oxygens (including phenoxy) is 1. The van der Waals surface area contributed by atoms with Crippen molar-refractivity contribution in [3.05, 3.63) is 35.5 Å². The quantitative estimate of drug-likeness (QED) is 0.698. The van der Waals surface area contributed by atoms with Gasteiger partial charge in [-0.1, -0.05) is 18.9 Å². The standard InChI is InChI=1S/C17H26N2O/c1-4-5-16-10-14(12-18-15-6-7-15)11-17(19-16)20-9-8-13(2)3/h10-11,15,18H,2,4-9,12H2,1,3H3. The minimum absolute atomic E-state index is 0.660. The van der Waals surface area contributed by atoms with Crippen molar-refractivity contribution in [2.45, 2.75) is 58.5 Å². The number of pyridine rings is 1. The molecule has 0 aliphatic heterocycles. The van der Waals surface area contributed by atoms with Gasteiger partial charge >= 0.3 is 0 Å². The Labute approximate surface area is 122 Å². The molecule has 0 aromatic carbocycles. The van der Waals surface area contributed by atoms with E-state index in [1.165, 1.54) is 18.4 Å². The summed E-state index contributed by atoms with van der Waals surface area (Å²) in [5, 5.41) is 3.55. The lowest BCUT2D eigenvalue weighted by Crippen LogP contribution is -2.16. The molecule has 0 amide bonds. The van der Waals surface area contributed by atoms with E-state index in [1.807, 2.05) is 6.92 Å². The molecule has 0 bridgehead atoms. The van der Waals surface area contributed by atoms with E-state index in [2.05, 4.69) is 35.9 Å². The molecule has 1 N–H and O–H groups in total. The first-order chi connectivity index (χ1) is 9.67. The zero-order valence-corrected chi connectivity index (χ0v) is 12.7. The van der Waals surface area contributed by atoms with Crippen molar-refractivity contribution >= 4 is 0 Å². The average Bonchev–Trinajstić information content (AvgIpc) is 3.20. The second kappa shape index (κ2) is 7.44. The van der Waals surface area contributed by atoms with Crippen LogP contribution >= 0.6 is 0 Å². The molecule has 1 aliphatic rings. The molecular weight excluding hydrogens is 248 g/mol. The number of aryl methyl sites for hydroxylation is 1. The van der Waals surface area contributed by atoms with E-state index in [-0.39, 0.29) is 0 Å². The first kappa shape index (κ1) is 15.0. The molecule has 2 rings (SSSR count). The van der Waals surface area contributed by atoms with Crippen molar-refractivity contribution in [3.63, 3.8) is 0 Å². The van der Waals surface area contributed by atoms with Crippen molar-refractivity contribution in [3.8, 4) is 5.88 Å². The number of nitrogens with zero attached hydrogens (tertiary/aromatic N) is 1. The Hall–Kier alpha value is -1.35. The average molecular weight is 274 g/mol. The predicted octanol–water partition coefficient (Wildman–Crippen LogP) is 3.63. The normalized spacial score (nSPS) is 14.3. The number of rotatable bonds is 9. The Kier molecular flexibility index (Phi) is 5.60. The Morgan fingerprint density at radius 3 is 2.90 bits per heavy atom. The monoisotopic (exact) mass is 274 g/mol. The topological polar surface area (TPSA) is 34.1 Å². The van der Waals surface area contributed by atoms with Gasteiger partial charge in [0.1, 0.15) is 0 Å². The van der Waals surface area contributed by atoms with Gasteiger partial charge in [0.2, 0.25) is 5.88 Å². The molecule has 1 aromatic heterocycles. The Bertz CT molecular complexity index is 452. The second-order valence-corrected chi connectivity index (χ2v) is 5.77. The molecular formula is C17H26N2O. The summed E-state index contributed by atoms with van der Waals surface area (Å²) in [7, 11) is 0. The van der Waals surface area contributed by atoms with Crippen LogP contribution in [0.25, 0.3) is 0 Å². The van der Waals surface area contributed by atoms with Gasteiger partial charge < -0.3 is 10.1 Å². The molecule has 0 saturated heterocycles. The van der Waals surface area contributed by atoms with Crippen LogP contribution < -0.4 is 10.1 Å². The maximum atomic E-state index is 5.77. The highest BCUT2D eigenvalue weighted by atomic mass is 16.5. The van der Waals surface area contributed by atoms with Crippen LogP contribution in [-0.2, 0) is 13.0 Å². The molecule has 1 heterocycles. The molecule has 110 valence electrons. The zero-order valence-electron chi connectivity index (χ0n) is 12.7. The number of aromatic nitrogens is 1. The van der Waals surface area contributed by atoms with Gasteiger partial charge in [0.05, 0.1) is 6.61 Å². The van der Waals surface area contributed by atoms with Crippen molar-refractivity contribution in [1.29, 1.82) is 0 Å². The minimum atomic E-state index is 0.660. The summed E-state index contributed by atoms with van der Waals surface area (Å²) in [5.41, 5.74) is 3.55. The highest BCUT2D eigenvalue weighted by molar-refractivity contribution is 5.25. The lowest BCUT2D eigenvalue weighted by molar-refractivity contribution is 0.308. The van der Waals surface area contributed by atoms with Crippen LogP contribution in [0.2, 0.25) is 0 Å². The molecule has 0 radical (unpaired) electrons. The van der Waals surface area contributed by atoms with Gasteiger partial charge in [0.15, 0.2) is 0 Å².